The van der Waals surface area contributed by atoms with Crippen LogP contribution < -0.4 is 5.32 Å². The predicted octanol–water partition coefficient (Wildman–Crippen LogP) is 2.60. The second-order valence-corrected chi connectivity index (χ2v) is 5.80. The van der Waals surface area contributed by atoms with E-state index in [9.17, 15) is 4.79 Å². The van der Waals surface area contributed by atoms with Gasteiger partial charge in [0.25, 0.3) is 5.91 Å². The van der Waals surface area contributed by atoms with Gasteiger partial charge in [-0.15, -0.1) is 0 Å². The average molecular weight is 287 g/mol. The van der Waals surface area contributed by atoms with Crippen LogP contribution in [0, 0.1) is 13.8 Å². The van der Waals surface area contributed by atoms with Gasteiger partial charge >= 0.3 is 0 Å². The summed E-state index contributed by atoms with van der Waals surface area (Å²) in [6.07, 6.45) is 4.73. The Labute approximate surface area is 124 Å². The quantitative estimate of drug-likeness (QED) is 0.943. The van der Waals surface area contributed by atoms with Gasteiger partial charge < -0.3 is 5.32 Å². The number of rotatable bonds is 3. The number of carbonyl (C=O) groups is 1. The van der Waals surface area contributed by atoms with Gasteiger partial charge in [0.05, 0.1) is 11.7 Å². The largest absolute Gasteiger partial charge is 0.305 e. The first kappa shape index (κ1) is 13.9. The third kappa shape index (κ3) is 2.70. The molecule has 2 aromatic rings. The van der Waals surface area contributed by atoms with Crippen LogP contribution in [-0.4, -0.2) is 25.5 Å². The molecule has 1 fully saturated rings. The third-order valence-electron chi connectivity index (χ3n) is 4.12. The van der Waals surface area contributed by atoms with Crippen LogP contribution in [0.1, 0.15) is 53.6 Å². The number of carbonyl (C=O) groups excluding carboxylic acids is 1. The lowest BCUT2D eigenvalue weighted by Crippen LogP contribution is -2.18. The number of anilines is 1. The van der Waals surface area contributed by atoms with E-state index in [1.165, 1.54) is 12.8 Å². The Morgan fingerprint density at radius 1 is 1.24 bits per heavy atom. The summed E-state index contributed by atoms with van der Waals surface area (Å²) in [7, 11) is 1.83. The van der Waals surface area contributed by atoms with Crippen LogP contribution in [-0.2, 0) is 7.05 Å². The summed E-state index contributed by atoms with van der Waals surface area (Å²) in [4.78, 5) is 12.3. The maximum Gasteiger partial charge on any atom is 0.277 e. The van der Waals surface area contributed by atoms with Crippen LogP contribution in [0.15, 0.2) is 12.1 Å². The monoisotopic (exact) mass is 287 g/mol. The standard InChI is InChI=1S/C15H21N5O/c1-10-8-14(20(17-10)12-6-4-5-7-12)16-15(21)13-9-11(2)19(3)18-13/h8-9,12H,4-7H2,1-3H3,(H,16,21). The second kappa shape index (κ2) is 5.35. The van der Waals surface area contributed by atoms with Crippen molar-refractivity contribution in [2.24, 2.45) is 7.05 Å². The molecule has 112 valence electrons. The van der Waals surface area contributed by atoms with Crippen molar-refractivity contribution in [2.45, 2.75) is 45.6 Å². The molecule has 2 heterocycles. The highest BCUT2D eigenvalue weighted by atomic mass is 16.2. The molecule has 1 aliphatic rings. The summed E-state index contributed by atoms with van der Waals surface area (Å²) in [5, 5.41) is 11.7. The van der Waals surface area contributed by atoms with E-state index < -0.39 is 0 Å². The van der Waals surface area contributed by atoms with Crippen LogP contribution in [0.4, 0.5) is 5.82 Å². The molecule has 6 nitrogen and oxygen atoms in total. The van der Waals surface area contributed by atoms with Crippen LogP contribution in [0.3, 0.4) is 0 Å². The Bertz CT molecular complexity index is 644. The van der Waals surface area contributed by atoms with Crippen LogP contribution in [0.25, 0.3) is 0 Å². The van der Waals surface area contributed by atoms with Gasteiger partial charge in [-0.1, -0.05) is 12.8 Å². The van der Waals surface area contributed by atoms with E-state index in [1.54, 1.807) is 10.7 Å². The molecule has 1 N–H and O–H groups in total. The molecule has 1 amide bonds. The molecule has 2 aromatic heterocycles. The maximum atomic E-state index is 12.3. The molecule has 0 aliphatic heterocycles. The highest BCUT2D eigenvalue weighted by Crippen LogP contribution is 2.31. The Kier molecular flexibility index (Phi) is 3.53. The summed E-state index contributed by atoms with van der Waals surface area (Å²) < 4.78 is 3.67. The van der Waals surface area contributed by atoms with Crippen molar-refractivity contribution < 1.29 is 4.79 Å². The van der Waals surface area contributed by atoms with E-state index in [4.69, 9.17) is 0 Å². The van der Waals surface area contributed by atoms with Gasteiger partial charge in [0.15, 0.2) is 5.69 Å². The molecule has 0 aromatic carbocycles. The minimum atomic E-state index is -0.183. The molecule has 0 unspecified atom stereocenters. The fraction of sp³-hybridized carbons (Fsp3) is 0.533. The highest BCUT2D eigenvalue weighted by Gasteiger charge is 2.22. The molecule has 0 radical (unpaired) electrons. The van der Waals surface area contributed by atoms with Gasteiger partial charge in [-0.05, 0) is 32.8 Å². The number of hydrogen-bond acceptors (Lipinski definition) is 3. The number of nitrogens with one attached hydrogen (secondary N) is 1. The summed E-state index contributed by atoms with van der Waals surface area (Å²) in [5.41, 5.74) is 2.32. The third-order valence-corrected chi connectivity index (χ3v) is 4.12. The predicted molar refractivity (Wildman–Crippen MR) is 80.4 cm³/mol. The molecule has 6 heteroatoms. The first-order valence-corrected chi connectivity index (χ1v) is 7.43. The fourth-order valence-electron chi connectivity index (χ4n) is 2.89. The van der Waals surface area contributed by atoms with E-state index in [0.717, 1.165) is 30.0 Å². The van der Waals surface area contributed by atoms with Crippen molar-refractivity contribution in [3.05, 3.63) is 29.2 Å². The van der Waals surface area contributed by atoms with Gasteiger partial charge in [0, 0.05) is 18.8 Å². The topological polar surface area (TPSA) is 64.7 Å². The Morgan fingerprint density at radius 3 is 2.57 bits per heavy atom. The maximum absolute atomic E-state index is 12.3. The lowest BCUT2D eigenvalue weighted by molar-refractivity contribution is 0.102. The molecule has 0 atom stereocenters. The number of aryl methyl sites for hydroxylation is 3. The summed E-state index contributed by atoms with van der Waals surface area (Å²) in [6.45, 7) is 3.88. The zero-order valence-electron chi connectivity index (χ0n) is 12.8. The number of nitrogens with zero attached hydrogens (tertiary/aromatic N) is 4. The van der Waals surface area contributed by atoms with Gasteiger partial charge in [-0.2, -0.15) is 10.2 Å². The van der Waals surface area contributed by atoms with Gasteiger partial charge in [-0.25, -0.2) is 4.68 Å². The van der Waals surface area contributed by atoms with Crippen molar-refractivity contribution >= 4 is 11.7 Å². The number of hydrogen-bond donors (Lipinski definition) is 1. The summed E-state index contributed by atoms with van der Waals surface area (Å²) >= 11 is 0. The van der Waals surface area contributed by atoms with Gasteiger partial charge in [-0.3, -0.25) is 9.48 Å². The minimum Gasteiger partial charge on any atom is -0.305 e. The molecule has 0 saturated heterocycles. The van der Waals surface area contributed by atoms with Crippen LogP contribution in [0.2, 0.25) is 0 Å². The Balaban J connectivity index is 1.82. The van der Waals surface area contributed by atoms with Crippen molar-refractivity contribution in [3.8, 4) is 0 Å². The van der Waals surface area contributed by atoms with Gasteiger partial charge in [0.1, 0.15) is 5.82 Å². The smallest absolute Gasteiger partial charge is 0.277 e. The van der Waals surface area contributed by atoms with Crippen molar-refractivity contribution in [1.82, 2.24) is 19.6 Å². The molecule has 0 bridgehead atoms. The SMILES string of the molecule is Cc1cc(NC(=O)c2cc(C)n(C)n2)n(C2CCCC2)n1. The molecule has 21 heavy (non-hydrogen) atoms. The highest BCUT2D eigenvalue weighted by molar-refractivity contribution is 6.02. The summed E-state index contributed by atoms with van der Waals surface area (Å²) in [6, 6.07) is 4.12. The Hall–Kier alpha value is -2.11. The van der Waals surface area contributed by atoms with E-state index in [0.29, 0.717) is 11.7 Å². The second-order valence-electron chi connectivity index (χ2n) is 5.80. The molecule has 1 aliphatic carbocycles. The molecular weight excluding hydrogens is 266 g/mol. The van der Waals surface area contributed by atoms with E-state index in [1.807, 2.05) is 31.6 Å². The average Bonchev–Trinajstić information content (AvgIpc) is 3.12. The van der Waals surface area contributed by atoms with Crippen molar-refractivity contribution in [1.29, 1.82) is 0 Å². The summed E-state index contributed by atoms with van der Waals surface area (Å²) in [5.74, 6) is 0.588. The lowest BCUT2D eigenvalue weighted by atomic mass is 10.2. The van der Waals surface area contributed by atoms with Crippen molar-refractivity contribution in [3.63, 3.8) is 0 Å². The Morgan fingerprint density at radius 2 is 1.95 bits per heavy atom. The van der Waals surface area contributed by atoms with Crippen LogP contribution >= 0.6 is 0 Å². The first-order valence-electron chi connectivity index (χ1n) is 7.43. The molecule has 1 saturated carbocycles. The normalized spacial score (nSPS) is 15.6. The lowest BCUT2D eigenvalue weighted by Gasteiger charge is -2.14. The van der Waals surface area contributed by atoms with Crippen molar-refractivity contribution in [2.75, 3.05) is 5.32 Å². The van der Waals surface area contributed by atoms with E-state index in [2.05, 4.69) is 15.5 Å². The fourth-order valence-corrected chi connectivity index (χ4v) is 2.89. The zero-order chi connectivity index (χ0) is 15.0. The van der Waals surface area contributed by atoms with Crippen LogP contribution in [0.5, 0.6) is 0 Å². The number of amides is 1. The van der Waals surface area contributed by atoms with E-state index in [-0.39, 0.29) is 5.91 Å². The molecule has 0 spiro atoms. The molecule has 3 rings (SSSR count). The number of aromatic nitrogens is 4. The van der Waals surface area contributed by atoms with E-state index >= 15 is 0 Å². The first-order chi connectivity index (χ1) is 10.0. The molecular formula is C15H21N5O. The zero-order valence-corrected chi connectivity index (χ0v) is 12.8. The minimum absolute atomic E-state index is 0.183. The van der Waals surface area contributed by atoms with Gasteiger partial charge in [0.2, 0.25) is 0 Å².